The Hall–Kier alpha value is -3.15. The van der Waals surface area contributed by atoms with E-state index in [1.807, 2.05) is 0 Å². The molecule has 0 aliphatic heterocycles. The van der Waals surface area contributed by atoms with Crippen LogP contribution in [-0.2, 0) is 28.6 Å². The molecule has 0 fully saturated rings. The fourth-order valence-corrected chi connectivity index (χ4v) is 7.54. The van der Waals surface area contributed by atoms with Crippen LogP contribution in [0.15, 0.2) is 72.9 Å². The standard InChI is InChI=1S/C59H102O6/c1-4-7-10-13-16-19-22-25-28-29-32-34-37-40-43-46-49-52-58(61)64-55-56(65-59(62)53-50-47-44-41-38-35-31-27-24-21-18-15-12-9-6-3)54-63-57(60)51-48-45-42-39-36-33-30-26-23-20-17-14-11-8-5-2/h7,10,16,19,25-28,30-32,34,56H,4-6,8-9,11-15,17-18,20-24,29,33,35-55H2,1-3H3/b10-7-,19-16-,28-25-,30-26-,31-27-,34-32-. The molecule has 0 saturated carbocycles. The third kappa shape index (κ3) is 51.7. The number of carbonyl (C=O) groups excluding carboxylic acids is 3. The molecule has 0 saturated heterocycles. The van der Waals surface area contributed by atoms with Crippen molar-refractivity contribution in [2.24, 2.45) is 0 Å². The fraction of sp³-hybridized carbons (Fsp3) is 0.746. The zero-order valence-electron chi connectivity index (χ0n) is 42.7. The summed E-state index contributed by atoms with van der Waals surface area (Å²) in [5, 5.41) is 0. The van der Waals surface area contributed by atoms with E-state index in [4.69, 9.17) is 14.2 Å². The van der Waals surface area contributed by atoms with E-state index in [1.165, 1.54) is 109 Å². The summed E-state index contributed by atoms with van der Waals surface area (Å²) in [4.78, 5) is 38.1. The molecule has 0 aliphatic carbocycles. The predicted molar refractivity (Wildman–Crippen MR) is 279 cm³/mol. The van der Waals surface area contributed by atoms with Crippen LogP contribution in [-0.4, -0.2) is 37.2 Å². The minimum Gasteiger partial charge on any atom is -0.462 e. The van der Waals surface area contributed by atoms with Crippen LogP contribution in [0.4, 0.5) is 0 Å². The Labute approximate surface area is 402 Å². The molecule has 0 aromatic carbocycles. The van der Waals surface area contributed by atoms with Gasteiger partial charge in [-0.05, 0) is 109 Å². The van der Waals surface area contributed by atoms with Crippen molar-refractivity contribution in [3.8, 4) is 0 Å². The quantitative estimate of drug-likeness (QED) is 0.0262. The van der Waals surface area contributed by atoms with Gasteiger partial charge in [-0.2, -0.15) is 0 Å². The Morgan fingerprint density at radius 3 is 0.954 bits per heavy atom. The van der Waals surface area contributed by atoms with E-state index in [1.54, 1.807) is 0 Å². The monoisotopic (exact) mass is 907 g/mol. The smallest absolute Gasteiger partial charge is 0.306 e. The molecule has 6 heteroatoms. The van der Waals surface area contributed by atoms with E-state index in [2.05, 4.69) is 93.7 Å². The van der Waals surface area contributed by atoms with E-state index >= 15 is 0 Å². The summed E-state index contributed by atoms with van der Waals surface area (Å²) >= 11 is 0. The van der Waals surface area contributed by atoms with Gasteiger partial charge in [0.15, 0.2) is 6.10 Å². The highest BCUT2D eigenvalue weighted by atomic mass is 16.6. The van der Waals surface area contributed by atoms with Gasteiger partial charge in [-0.3, -0.25) is 14.4 Å². The normalized spacial score (nSPS) is 12.6. The number of esters is 3. The minimum absolute atomic E-state index is 0.0907. The average Bonchev–Trinajstić information content (AvgIpc) is 3.30. The van der Waals surface area contributed by atoms with Gasteiger partial charge in [0.1, 0.15) is 13.2 Å². The molecule has 6 nitrogen and oxygen atoms in total. The summed E-state index contributed by atoms with van der Waals surface area (Å²) in [6.45, 7) is 6.49. The molecule has 0 rings (SSSR count). The highest BCUT2D eigenvalue weighted by Gasteiger charge is 2.19. The Kier molecular flexibility index (Phi) is 50.9. The van der Waals surface area contributed by atoms with Gasteiger partial charge in [-0.1, -0.05) is 209 Å². The van der Waals surface area contributed by atoms with Crippen molar-refractivity contribution in [2.45, 2.75) is 271 Å². The number of hydrogen-bond acceptors (Lipinski definition) is 6. The number of allylic oxidation sites excluding steroid dienone is 12. The lowest BCUT2D eigenvalue weighted by molar-refractivity contribution is -0.167. The zero-order valence-corrected chi connectivity index (χ0v) is 42.7. The van der Waals surface area contributed by atoms with Crippen LogP contribution in [0.25, 0.3) is 0 Å². The second-order valence-electron chi connectivity index (χ2n) is 18.1. The van der Waals surface area contributed by atoms with Crippen LogP contribution in [0, 0.1) is 0 Å². The van der Waals surface area contributed by atoms with Crippen molar-refractivity contribution in [1.82, 2.24) is 0 Å². The van der Waals surface area contributed by atoms with Gasteiger partial charge >= 0.3 is 17.9 Å². The van der Waals surface area contributed by atoms with Gasteiger partial charge < -0.3 is 14.2 Å². The van der Waals surface area contributed by atoms with Crippen LogP contribution in [0.5, 0.6) is 0 Å². The molecule has 0 aromatic heterocycles. The second kappa shape index (κ2) is 53.5. The molecule has 1 unspecified atom stereocenters. The summed E-state index contributed by atoms with van der Waals surface area (Å²) in [6, 6.07) is 0. The Balaban J connectivity index is 4.45. The molecule has 0 radical (unpaired) electrons. The Bertz CT molecular complexity index is 1230. The lowest BCUT2D eigenvalue weighted by Crippen LogP contribution is -2.30. The van der Waals surface area contributed by atoms with Crippen molar-refractivity contribution in [3.05, 3.63) is 72.9 Å². The lowest BCUT2D eigenvalue weighted by Gasteiger charge is -2.18. The maximum Gasteiger partial charge on any atom is 0.306 e. The van der Waals surface area contributed by atoms with Crippen molar-refractivity contribution in [2.75, 3.05) is 13.2 Å². The number of unbranched alkanes of at least 4 members (excludes halogenated alkanes) is 26. The van der Waals surface area contributed by atoms with Crippen LogP contribution >= 0.6 is 0 Å². The summed E-state index contributed by atoms with van der Waals surface area (Å²) in [7, 11) is 0. The van der Waals surface area contributed by atoms with E-state index in [9.17, 15) is 14.4 Å². The second-order valence-corrected chi connectivity index (χ2v) is 18.1. The summed E-state index contributed by atoms with van der Waals surface area (Å²) in [5.74, 6) is -0.926. The third-order valence-electron chi connectivity index (χ3n) is 11.7. The molecular weight excluding hydrogens is 805 g/mol. The largest absolute Gasteiger partial charge is 0.462 e. The number of ether oxygens (including phenoxy) is 3. The number of hydrogen-bond donors (Lipinski definition) is 0. The van der Waals surface area contributed by atoms with Gasteiger partial charge in [-0.15, -0.1) is 0 Å². The molecule has 65 heavy (non-hydrogen) atoms. The topological polar surface area (TPSA) is 78.9 Å². The zero-order chi connectivity index (χ0) is 47.2. The minimum atomic E-state index is -0.793. The highest BCUT2D eigenvalue weighted by Crippen LogP contribution is 2.14. The van der Waals surface area contributed by atoms with E-state index in [0.717, 1.165) is 116 Å². The molecule has 0 aromatic rings. The van der Waals surface area contributed by atoms with Crippen LogP contribution in [0.1, 0.15) is 265 Å². The molecule has 0 spiro atoms. The summed E-state index contributed by atoms with van der Waals surface area (Å²) in [5.41, 5.74) is 0. The lowest BCUT2D eigenvalue weighted by atomic mass is 10.1. The summed E-state index contributed by atoms with van der Waals surface area (Å²) in [6.07, 6.45) is 67.4. The van der Waals surface area contributed by atoms with Crippen LogP contribution in [0.2, 0.25) is 0 Å². The highest BCUT2D eigenvalue weighted by molar-refractivity contribution is 5.71. The number of rotatable bonds is 49. The third-order valence-corrected chi connectivity index (χ3v) is 11.7. The van der Waals surface area contributed by atoms with Crippen molar-refractivity contribution in [1.29, 1.82) is 0 Å². The molecule has 1 atom stereocenters. The SMILES string of the molecule is CC/C=C\C/C=C\C/C=C\C/C=C\CCCCCCC(=O)OCC(COC(=O)CCCCCCC/C=C\CCCCCCCC)OC(=O)CCCCCCC/C=C\CCCCCCCC. The fourth-order valence-electron chi connectivity index (χ4n) is 7.54. The summed E-state index contributed by atoms with van der Waals surface area (Å²) < 4.78 is 16.8. The van der Waals surface area contributed by atoms with E-state index in [-0.39, 0.29) is 31.1 Å². The van der Waals surface area contributed by atoms with Crippen molar-refractivity contribution < 1.29 is 28.6 Å². The van der Waals surface area contributed by atoms with E-state index in [0.29, 0.717) is 19.3 Å². The molecular formula is C59H102O6. The first-order valence-corrected chi connectivity index (χ1v) is 27.4. The maximum atomic E-state index is 12.8. The predicted octanol–water partition coefficient (Wildman–Crippen LogP) is 18.2. The van der Waals surface area contributed by atoms with Crippen LogP contribution < -0.4 is 0 Å². The molecule has 0 heterocycles. The maximum absolute atomic E-state index is 12.8. The Morgan fingerprint density at radius 1 is 0.323 bits per heavy atom. The molecule has 0 N–H and O–H groups in total. The molecule has 0 amide bonds. The van der Waals surface area contributed by atoms with Crippen molar-refractivity contribution in [3.63, 3.8) is 0 Å². The molecule has 0 aliphatic rings. The number of carbonyl (C=O) groups is 3. The van der Waals surface area contributed by atoms with Crippen molar-refractivity contribution >= 4 is 17.9 Å². The average molecular weight is 907 g/mol. The van der Waals surface area contributed by atoms with E-state index < -0.39 is 6.10 Å². The van der Waals surface area contributed by atoms with Gasteiger partial charge in [0.25, 0.3) is 0 Å². The molecule has 0 bridgehead atoms. The molecule has 374 valence electrons. The first-order chi connectivity index (χ1) is 32.0. The van der Waals surface area contributed by atoms with Crippen LogP contribution in [0.3, 0.4) is 0 Å². The first-order valence-electron chi connectivity index (χ1n) is 27.4. The van der Waals surface area contributed by atoms with Gasteiger partial charge in [0.2, 0.25) is 0 Å². The van der Waals surface area contributed by atoms with Gasteiger partial charge in [0, 0.05) is 19.3 Å². The first kappa shape index (κ1) is 61.9. The van der Waals surface area contributed by atoms with Gasteiger partial charge in [0.05, 0.1) is 0 Å². The van der Waals surface area contributed by atoms with Gasteiger partial charge in [-0.25, -0.2) is 0 Å². The Morgan fingerprint density at radius 2 is 0.600 bits per heavy atom.